The number of hydrogen-bond acceptors (Lipinski definition) is 5. The lowest BCUT2D eigenvalue weighted by Gasteiger charge is -2.15. The smallest absolute Gasteiger partial charge is 0.286 e. The number of carbonyl (C=O) groups excluding carboxylic acids is 1. The highest BCUT2D eigenvalue weighted by molar-refractivity contribution is 8.18. The second kappa shape index (κ2) is 7.86. The third-order valence-electron chi connectivity index (χ3n) is 4.48. The Morgan fingerprint density at radius 3 is 2.89 bits per heavy atom. The van der Waals surface area contributed by atoms with Crippen LogP contribution in [0, 0.1) is 0 Å². The summed E-state index contributed by atoms with van der Waals surface area (Å²) in [6.07, 6.45) is 3.64. The van der Waals surface area contributed by atoms with E-state index in [0.717, 1.165) is 27.8 Å². The van der Waals surface area contributed by atoms with E-state index in [1.807, 2.05) is 67.6 Å². The number of thioether (sulfide) groups is 1. The zero-order valence-corrected chi connectivity index (χ0v) is 16.4. The molecular formula is C22H19N3O2S. The van der Waals surface area contributed by atoms with E-state index in [0.29, 0.717) is 10.1 Å². The van der Waals surface area contributed by atoms with Gasteiger partial charge in [-0.3, -0.25) is 9.78 Å². The molecule has 140 valence electrons. The molecule has 0 fully saturated rings. The number of methoxy groups -OCH3 is 1. The van der Waals surface area contributed by atoms with Gasteiger partial charge < -0.3 is 10.1 Å². The Bertz CT molecular complexity index is 1110. The van der Waals surface area contributed by atoms with Gasteiger partial charge in [0.1, 0.15) is 5.75 Å². The molecule has 1 aromatic heterocycles. The topological polar surface area (TPSA) is 63.6 Å². The molecule has 1 N–H and O–H groups in total. The van der Waals surface area contributed by atoms with Gasteiger partial charge in [-0.05, 0) is 66.2 Å². The third-order valence-corrected chi connectivity index (χ3v) is 5.39. The Morgan fingerprint density at radius 1 is 1.14 bits per heavy atom. The number of amidine groups is 1. The zero-order chi connectivity index (χ0) is 19.5. The van der Waals surface area contributed by atoms with Crippen molar-refractivity contribution < 1.29 is 9.53 Å². The number of rotatable bonds is 4. The molecule has 4 rings (SSSR count). The van der Waals surface area contributed by atoms with Crippen LogP contribution in [-0.4, -0.2) is 23.2 Å². The second-order valence-corrected chi connectivity index (χ2v) is 7.46. The fraction of sp³-hybridized carbons (Fsp3) is 0.136. The Hall–Kier alpha value is -3.12. The van der Waals surface area contributed by atoms with Gasteiger partial charge in [-0.2, -0.15) is 4.99 Å². The number of ether oxygens (including phenoxy) is 1. The van der Waals surface area contributed by atoms with E-state index in [2.05, 4.69) is 15.3 Å². The van der Waals surface area contributed by atoms with Gasteiger partial charge in [0, 0.05) is 11.6 Å². The van der Waals surface area contributed by atoms with Crippen molar-refractivity contribution in [3.8, 4) is 5.75 Å². The first-order valence-corrected chi connectivity index (χ1v) is 9.72. The summed E-state index contributed by atoms with van der Waals surface area (Å²) in [5, 5.41) is 4.95. The van der Waals surface area contributed by atoms with Crippen LogP contribution in [0.25, 0.3) is 17.0 Å². The largest absolute Gasteiger partial charge is 0.497 e. The lowest BCUT2D eigenvalue weighted by Crippen LogP contribution is -2.22. The summed E-state index contributed by atoms with van der Waals surface area (Å²) in [5.41, 5.74) is 2.95. The highest BCUT2D eigenvalue weighted by atomic mass is 32.2. The number of aliphatic imine (C=N–C) groups is 1. The molecule has 1 aliphatic heterocycles. The van der Waals surface area contributed by atoms with Crippen LogP contribution in [0.3, 0.4) is 0 Å². The fourth-order valence-corrected chi connectivity index (χ4v) is 3.89. The SMILES string of the molecule is COc1cccc(C(C)NC2=NC(=O)/C(=C/c3ccc4ncccc4c3)S2)c1. The van der Waals surface area contributed by atoms with E-state index in [1.54, 1.807) is 13.3 Å². The number of benzene rings is 2. The maximum Gasteiger partial charge on any atom is 0.286 e. The molecule has 0 saturated heterocycles. The van der Waals surface area contributed by atoms with Gasteiger partial charge in [-0.1, -0.05) is 24.3 Å². The molecule has 1 aliphatic rings. The van der Waals surface area contributed by atoms with Gasteiger partial charge in [0.15, 0.2) is 5.17 Å². The average Bonchev–Trinajstić information content (AvgIpc) is 3.06. The number of nitrogens with zero attached hydrogens (tertiary/aromatic N) is 2. The zero-order valence-electron chi connectivity index (χ0n) is 15.5. The molecule has 0 bridgehead atoms. The first kappa shape index (κ1) is 18.3. The predicted octanol–water partition coefficient (Wildman–Crippen LogP) is 4.56. The standard InChI is InChI=1S/C22H19N3O2S/c1-14(16-5-3-7-18(13-16)27-2)24-22-25-21(26)20(28-22)12-15-8-9-19-17(11-15)6-4-10-23-19/h3-14H,1-2H3,(H,24,25,26)/b20-12-. The van der Waals surface area contributed by atoms with Crippen molar-refractivity contribution in [3.05, 3.63) is 76.8 Å². The summed E-state index contributed by atoms with van der Waals surface area (Å²) in [4.78, 5) is 21.4. The van der Waals surface area contributed by atoms with Crippen LogP contribution in [-0.2, 0) is 4.79 Å². The predicted molar refractivity (Wildman–Crippen MR) is 114 cm³/mol. The number of hydrogen-bond donors (Lipinski definition) is 1. The van der Waals surface area contributed by atoms with Crippen LogP contribution in [0.5, 0.6) is 5.75 Å². The number of carbonyl (C=O) groups is 1. The van der Waals surface area contributed by atoms with Gasteiger partial charge in [0.2, 0.25) is 0 Å². The lowest BCUT2D eigenvalue weighted by molar-refractivity contribution is -0.113. The average molecular weight is 389 g/mol. The normalized spacial score (nSPS) is 16.3. The summed E-state index contributed by atoms with van der Waals surface area (Å²) in [6.45, 7) is 2.03. The summed E-state index contributed by atoms with van der Waals surface area (Å²) >= 11 is 1.36. The van der Waals surface area contributed by atoms with E-state index < -0.39 is 0 Å². The van der Waals surface area contributed by atoms with Crippen LogP contribution in [0.15, 0.2) is 70.7 Å². The first-order valence-electron chi connectivity index (χ1n) is 8.90. The van der Waals surface area contributed by atoms with Crippen LogP contribution in [0.1, 0.15) is 24.1 Å². The summed E-state index contributed by atoms with van der Waals surface area (Å²) in [7, 11) is 1.65. The molecule has 28 heavy (non-hydrogen) atoms. The van der Waals surface area contributed by atoms with Gasteiger partial charge in [0.05, 0.1) is 23.6 Å². The highest BCUT2D eigenvalue weighted by Gasteiger charge is 2.23. The molecule has 1 atom stereocenters. The number of amides is 1. The third kappa shape index (κ3) is 3.92. The van der Waals surface area contributed by atoms with Crippen molar-refractivity contribution in [2.24, 2.45) is 4.99 Å². The highest BCUT2D eigenvalue weighted by Crippen LogP contribution is 2.30. The number of aromatic nitrogens is 1. The maximum atomic E-state index is 12.3. The van der Waals surface area contributed by atoms with Crippen molar-refractivity contribution in [1.29, 1.82) is 0 Å². The van der Waals surface area contributed by atoms with Crippen LogP contribution < -0.4 is 10.1 Å². The summed E-state index contributed by atoms with van der Waals surface area (Å²) in [5.74, 6) is 0.575. The van der Waals surface area contributed by atoms with Crippen molar-refractivity contribution in [1.82, 2.24) is 10.3 Å². The Balaban J connectivity index is 1.49. The molecule has 0 spiro atoms. The Labute approximate surface area is 167 Å². The Morgan fingerprint density at radius 2 is 2.04 bits per heavy atom. The van der Waals surface area contributed by atoms with Gasteiger partial charge in [-0.15, -0.1) is 0 Å². The minimum Gasteiger partial charge on any atom is -0.497 e. The first-order chi connectivity index (χ1) is 13.6. The molecule has 6 heteroatoms. The minimum atomic E-state index is -0.225. The van der Waals surface area contributed by atoms with E-state index in [-0.39, 0.29) is 11.9 Å². The van der Waals surface area contributed by atoms with Gasteiger partial charge in [0.25, 0.3) is 5.91 Å². The monoisotopic (exact) mass is 389 g/mol. The molecule has 2 aromatic carbocycles. The number of fused-ring (bicyclic) bond motifs is 1. The fourth-order valence-electron chi connectivity index (χ4n) is 2.99. The van der Waals surface area contributed by atoms with E-state index >= 15 is 0 Å². The van der Waals surface area contributed by atoms with Gasteiger partial charge in [-0.25, -0.2) is 0 Å². The molecule has 0 saturated carbocycles. The molecular weight excluding hydrogens is 370 g/mol. The number of nitrogens with one attached hydrogen (secondary N) is 1. The van der Waals surface area contributed by atoms with E-state index in [9.17, 15) is 4.79 Å². The minimum absolute atomic E-state index is 0.000225. The van der Waals surface area contributed by atoms with Crippen molar-refractivity contribution in [3.63, 3.8) is 0 Å². The van der Waals surface area contributed by atoms with Crippen LogP contribution in [0.2, 0.25) is 0 Å². The second-order valence-electron chi connectivity index (χ2n) is 6.43. The van der Waals surface area contributed by atoms with Gasteiger partial charge >= 0.3 is 0 Å². The van der Waals surface area contributed by atoms with E-state index in [4.69, 9.17) is 4.74 Å². The molecule has 0 aliphatic carbocycles. The van der Waals surface area contributed by atoms with E-state index in [1.165, 1.54) is 11.8 Å². The number of pyridine rings is 1. The van der Waals surface area contributed by atoms with Crippen molar-refractivity contribution >= 4 is 39.8 Å². The Kier molecular flexibility index (Phi) is 5.12. The molecule has 2 heterocycles. The lowest BCUT2D eigenvalue weighted by atomic mass is 10.1. The summed E-state index contributed by atoms with van der Waals surface area (Å²) in [6, 6.07) is 17.7. The molecule has 5 nitrogen and oxygen atoms in total. The maximum absolute atomic E-state index is 12.3. The van der Waals surface area contributed by atoms with Crippen LogP contribution in [0.4, 0.5) is 0 Å². The summed E-state index contributed by atoms with van der Waals surface area (Å²) < 4.78 is 5.28. The van der Waals surface area contributed by atoms with Crippen molar-refractivity contribution in [2.45, 2.75) is 13.0 Å². The quantitative estimate of drug-likeness (QED) is 0.663. The molecule has 1 unspecified atom stereocenters. The molecule has 1 amide bonds. The molecule has 3 aromatic rings. The molecule has 0 radical (unpaired) electrons. The van der Waals surface area contributed by atoms with Crippen LogP contribution >= 0.6 is 11.8 Å². The van der Waals surface area contributed by atoms with Crippen molar-refractivity contribution in [2.75, 3.05) is 7.11 Å².